The van der Waals surface area contributed by atoms with E-state index in [0.717, 1.165) is 27.5 Å². The van der Waals surface area contributed by atoms with Gasteiger partial charge in [-0.1, -0.05) is 23.9 Å². The zero-order valence-corrected chi connectivity index (χ0v) is 9.82. The normalized spacial score (nSPS) is 11.4. The summed E-state index contributed by atoms with van der Waals surface area (Å²) in [5.74, 6) is 0. The van der Waals surface area contributed by atoms with Gasteiger partial charge in [0.25, 0.3) is 0 Å². The van der Waals surface area contributed by atoms with Gasteiger partial charge in [0.1, 0.15) is 0 Å². The third-order valence-corrected chi connectivity index (χ3v) is 3.18. The maximum atomic E-state index is 4.52. The Morgan fingerprint density at radius 1 is 1.19 bits per heavy atom. The van der Waals surface area contributed by atoms with Gasteiger partial charge in [0.2, 0.25) is 0 Å². The molecule has 0 atom stereocenters. The molecule has 4 nitrogen and oxygen atoms in total. The molecule has 5 heteroatoms. The number of para-hydroxylation sites is 2. The van der Waals surface area contributed by atoms with Crippen LogP contribution in [0.3, 0.4) is 0 Å². The molecule has 0 saturated carbocycles. The Balaban J connectivity index is 2.59. The van der Waals surface area contributed by atoms with Crippen molar-refractivity contribution in [2.45, 2.75) is 12.1 Å². The molecule has 0 spiro atoms. The van der Waals surface area contributed by atoms with Crippen LogP contribution in [0.1, 0.15) is 5.69 Å². The van der Waals surface area contributed by atoms with Crippen molar-refractivity contribution >= 4 is 28.4 Å². The van der Waals surface area contributed by atoms with Crippen LogP contribution in [0.2, 0.25) is 0 Å². The predicted molar refractivity (Wildman–Crippen MR) is 64.8 cm³/mol. The molecule has 2 heterocycles. The van der Waals surface area contributed by atoms with Crippen LogP contribution >= 0.6 is 11.8 Å². The van der Waals surface area contributed by atoms with Crippen LogP contribution in [0.5, 0.6) is 0 Å². The largest absolute Gasteiger partial charge is 0.267 e. The van der Waals surface area contributed by atoms with Crippen LogP contribution in [0.15, 0.2) is 29.4 Å². The van der Waals surface area contributed by atoms with Crippen LogP contribution in [-0.2, 0) is 0 Å². The van der Waals surface area contributed by atoms with E-state index in [1.165, 1.54) is 0 Å². The third-order valence-electron chi connectivity index (χ3n) is 2.55. The lowest BCUT2D eigenvalue weighted by Crippen LogP contribution is -1.96. The van der Waals surface area contributed by atoms with Gasteiger partial charge in [0.15, 0.2) is 10.8 Å². The van der Waals surface area contributed by atoms with Crippen LogP contribution in [0.4, 0.5) is 0 Å². The number of rotatable bonds is 1. The van der Waals surface area contributed by atoms with Gasteiger partial charge in [-0.25, -0.2) is 4.98 Å². The minimum atomic E-state index is 0.836. The highest BCUT2D eigenvalue weighted by molar-refractivity contribution is 7.98. The van der Waals surface area contributed by atoms with Gasteiger partial charge >= 0.3 is 0 Å². The maximum absolute atomic E-state index is 4.52. The van der Waals surface area contributed by atoms with E-state index < -0.39 is 0 Å². The Bertz CT molecular complexity index is 674. The second-order valence-electron chi connectivity index (χ2n) is 3.53. The van der Waals surface area contributed by atoms with Gasteiger partial charge < -0.3 is 0 Å². The zero-order chi connectivity index (χ0) is 11.1. The zero-order valence-electron chi connectivity index (χ0n) is 9.01. The molecule has 0 unspecified atom stereocenters. The van der Waals surface area contributed by atoms with Crippen molar-refractivity contribution in [2.24, 2.45) is 0 Å². The van der Waals surface area contributed by atoms with Gasteiger partial charge in [0, 0.05) is 0 Å². The predicted octanol–water partition coefficient (Wildman–Crippen LogP) is 2.31. The molecule has 0 aliphatic carbocycles. The Labute approximate surface area is 96.7 Å². The summed E-state index contributed by atoms with van der Waals surface area (Å²) in [7, 11) is 0. The van der Waals surface area contributed by atoms with Gasteiger partial charge in [0.05, 0.1) is 16.7 Å². The number of hydrogen-bond donors (Lipinski definition) is 0. The first-order valence-electron chi connectivity index (χ1n) is 4.95. The molecule has 0 bridgehead atoms. The highest BCUT2D eigenvalue weighted by Gasteiger charge is 2.11. The molecular weight excluding hydrogens is 220 g/mol. The summed E-state index contributed by atoms with van der Waals surface area (Å²) >= 11 is 1.59. The Morgan fingerprint density at radius 2 is 2.00 bits per heavy atom. The van der Waals surface area contributed by atoms with Crippen LogP contribution in [0.25, 0.3) is 16.7 Å². The van der Waals surface area contributed by atoms with Crippen LogP contribution in [-0.4, -0.2) is 25.8 Å². The van der Waals surface area contributed by atoms with E-state index in [1.54, 1.807) is 11.8 Å². The molecule has 0 aliphatic rings. The summed E-state index contributed by atoms with van der Waals surface area (Å²) in [5, 5.41) is 9.23. The van der Waals surface area contributed by atoms with E-state index >= 15 is 0 Å². The summed E-state index contributed by atoms with van der Waals surface area (Å²) in [6.07, 6.45) is 2.00. The summed E-state index contributed by atoms with van der Waals surface area (Å²) in [6.45, 7) is 1.96. The average molecular weight is 230 g/mol. The van der Waals surface area contributed by atoms with E-state index in [1.807, 2.05) is 37.4 Å². The third kappa shape index (κ3) is 1.21. The number of hydrogen-bond acceptors (Lipinski definition) is 4. The molecule has 3 aromatic rings. The van der Waals surface area contributed by atoms with Gasteiger partial charge in [-0.2, -0.15) is 0 Å². The highest BCUT2D eigenvalue weighted by atomic mass is 32.2. The van der Waals surface area contributed by atoms with E-state index in [9.17, 15) is 0 Å². The first-order chi connectivity index (χ1) is 7.81. The lowest BCUT2D eigenvalue weighted by molar-refractivity contribution is 0.942. The van der Waals surface area contributed by atoms with Crippen LogP contribution < -0.4 is 0 Å². The smallest absolute Gasteiger partial charge is 0.195 e. The average Bonchev–Trinajstić information content (AvgIpc) is 2.74. The number of thioether (sulfide) groups is 1. The minimum absolute atomic E-state index is 0.836. The number of aromatic nitrogens is 4. The second kappa shape index (κ2) is 3.45. The molecule has 0 radical (unpaired) electrons. The number of aryl methyl sites for hydroxylation is 1. The lowest BCUT2D eigenvalue weighted by atomic mass is 10.3. The molecular formula is C11H10N4S. The Morgan fingerprint density at radius 3 is 2.81 bits per heavy atom. The molecule has 2 aromatic heterocycles. The van der Waals surface area contributed by atoms with Gasteiger partial charge in [-0.05, 0) is 25.3 Å². The van der Waals surface area contributed by atoms with Gasteiger partial charge in [-0.15, -0.1) is 10.2 Å². The summed E-state index contributed by atoms with van der Waals surface area (Å²) < 4.78 is 2.06. The fourth-order valence-electron chi connectivity index (χ4n) is 1.83. The number of fused-ring (bicyclic) bond motifs is 3. The van der Waals surface area contributed by atoms with Crippen molar-refractivity contribution in [3.05, 3.63) is 30.0 Å². The van der Waals surface area contributed by atoms with Crippen molar-refractivity contribution in [3.8, 4) is 0 Å². The second-order valence-corrected chi connectivity index (χ2v) is 4.31. The molecule has 0 N–H and O–H groups in total. The van der Waals surface area contributed by atoms with Crippen molar-refractivity contribution in [1.29, 1.82) is 0 Å². The molecule has 0 amide bonds. The van der Waals surface area contributed by atoms with E-state index in [2.05, 4.69) is 19.6 Å². The molecule has 0 fully saturated rings. The number of nitrogens with zero attached hydrogens (tertiary/aromatic N) is 4. The first kappa shape index (κ1) is 9.59. The van der Waals surface area contributed by atoms with E-state index in [-0.39, 0.29) is 0 Å². The molecule has 0 aliphatic heterocycles. The van der Waals surface area contributed by atoms with E-state index in [4.69, 9.17) is 0 Å². The van der Waals surface area contributed by atoms with Crippen molar-refractivity contribution in [3.63, 3.8) is 0 Å². The van der Waals surface area contributed by atoms with Crippen molar-refractivity contribution < 1.29 is 0 Å². The summed E-state index contributed by atoms with van der Waals surface area (Å²) in [4.78, 5) is 4.52. The first-order valence-corrected chi connectivity index (χ1v) is 6.18. The minimum Gasteiger partial charge on any atom is -0.267 e. The summed E-state index contributed by atoms with van der Waals surface area (Å²) in [5.41, 5.74) is 3.77. The number of benzene rings is 1. The molecule has 0 saturated heterocycles. The van der Waals surface area contributed by atoms with Gasteiger partial charge in [-0.3, -0.25) is 4.40 Å². The molecule has 1 aromatic carbocycles. The van der Waals surface area contributed by atoms with Crippen molar-refractivity contribution in [1.82, 2.24) is 19.6 Å². The Kier molecular flexibility index (Phi) is 2.07. The molecule has 80 valence electrons. The topological polar surface area (TPSA) is 43.1 Å². The molecule has 16 heavy (non-hydrogen) atoms. The summed E-state index contributed by atoms with van der Waals surface area (Å²) in [6, 6.07) is 8.04. The lowest BCUT2D eigenvalue weighted by Gasteiger charge is -2.04. The fourth-order valence-corrected chi connectivity index (χ4v) is 2.32. The standard InChI is InChI=1S/C11H10N4S/c1-7-10-13-14-11(16-2)15(10)9-6-4-3-5-8(9)12-7/h3-6H,1-2H3. The highest BCUT2D eigenvalue weighted by Crippen LogP contribution is 2.21. The maximum Gasteiger partial charge on any atom is 0.195 e. The monoisotopic (exact) mass is 230 g/mol. The molecule has 3 rings (SSSR count). The quantitative estimate of drug-likeness (QED) is 0.602. The Hall–Kier alpha value is -1.62. The fraction of sp³-hybridized carbons (Fsp3) is 0.182. The SMILES string of the molecule is CSc1nnc2c(C)nc3ccccc3n12. The van der Waals surface area contributed by atoms with Crippen molar-refractivity contribution in [2.75, 3.05) is 6.26 Å². The van der Waals surface area contributed by atoms with E-state index in [0.29, 0.717) is 0 Å². The van der Waals surface area contributed by atoms with Crippen LogP contribution in [0, 0.1) is 6.92 Å².